The number of phenols is 1. The second-order valence-electron chi connectivity index (χ2n) is 8.89. The van der Waals surface area contributed by atoms with Crippen LogP contribution in [0.1, 0.15) is 60.6 Å². The molecule has 3 rings (SSSR count). The van der Waals surface area contributed by atoms with Crippen LogP contribution in [0.2, 0.25) is 0 Å². The minimum Gasteiger partial charge on any atom is -0.504 e. The SMILES string of the molecule is Br.COc1cc(C(=O)CN2Cc3ccc(C=C(C)C(N)=O)nc3C2=N)cc(C(C)(C)C)c1O. The number of ketones is 1. The van der Waals surface area contributed by atoms with Gasteiger partial charge in [0.15, 0.2) is 17.3 Å². The van der Waals surface area contributed by atoms with Crippen LogP contribution in [0.5, 0.6) is 11.5 Å². The lowest BCUT2D eigenvalue weighted by Gasteiger charge is -2.23. The van der Waals surface area contributed by atoms with Gasteiger partial charge in [-0.15, -0.1) is 17.0 Å². The Labute approximate surface area is 203 Å². The highest BCUT2D eigenvalue weighted by Crippen LogP contribution is 2.39. The van der Waals surface area contributed by atoms with E-state index >= 15 is 0 Å². The quantitative estimate of drug-likeness (QED) is 0.397. The third-order valence-electron chi connectivity index (χ3n) is 5.41. The first-order valence-electron chi connectivity index (χ1n) is 10.2. The van der Waals surface area contributed by atoms with Crippen molar-refractivity contribution in [3.05, 3.63) is 57.9 Å². The van der Waals surface area contributed by atoms with Crippen LogP contribution in [0.25, 0.3) is 6.08 Å². The van der Waals surface area contributed by atoms with Crippen molar-refractivity contribution in [1.82, 2.24) is 9.88 Å². The molecule has 0 saturated carbocycles. The van der Waals surface area contributed by atoms with Gasteiger partial charge in [0.2, 0.25) is 5.91 Å². The lowest BCUT2D eigenvalue weighted by atomic mass is 9.84. The van der Waals surface area contributed by atoms with E-state index in [1.165, 1.54) is 13.2 Å². The number of hydrogen-bond donors (Lipinski definition) is 3. The zero-order valence-electron chi connectivity index (χ0n) is 19.4. The van der Waals surface area contributed by atoms with Gasteiger partial charge in [0.05, 0.1) is 19.3 Å². The number of rotatable bonds is 6. The first-order chi connectivity index (χ1) is 14.9. The summed E-state index contributed by atoms with van der Waals surface area (Å²) in [7, 11) is 1.44. The van der Waals surface area contributed by atoms with E-state index in [4.69, 9.17) is 15.9 Å². The number of nitrogens with one attached hydrogen (secondary N) is 1. The maximum Gasteiger partial charge on any atom is 0.244 e. The number of pyridine rings is 1. The zero-order valence-corrected chi connectivity index (χ0v) is 21.1. The van der Waals surface area contributed by atoms with Gasteiger partial charge in [0.1, 0.15) is 11.5 Å². The number of carbonyl (C=O) groups excluding carboxylic acids is 2. The van der Waals surface area contributed by atoms with E-state index in [1.54, 1.807) is 30.0 Å². The number of aromatic hydroxyl groups is 1. The predicted octanol–water partition coefficient (Wildman–Crippen LogP) is 3.58. The molecule has 1 aromatic heterocycles. The molecule has 0 aliphatic carbocycles. The smallest absolute Gasteiger partial charge is 0.244 e. The average Bonchev–Trinajstić information content (AvgIpc) is 3.02. The van der Waals surface area contributed by atoms with Gasteiger partial charge in [-0.3, -0.25) is 15.0 Å². The third-order valence-corrected chi connectivity index (χ3v) is 5.41. The number of primary amides is 1. The Morgan fingerprint density at radius 3 is 2.55 bits per heavy atom. The van der Waals surface area contributed by atoms with E-state index in [0.29, 0.717) is 34.6 Å². The fraction of sp³-hybridized carbons (Fsp3) is 0.333. The number of amidine groups is 1. The van der Waals surface area contributed by atoms with Crippen molar-refractivity contribution in [2.75, 3.05) is 13.7 Å². The highest BCUT2D eigenvalue weighted by molar-refractivity contribution is 8.93. The molecule has 9 heteroatoms. The third kappa shape index (κ3) is 5.42. The molecule has 0 fully saturated rings. The van der Waals surface area contributed by atoms with Gasteiger partial charge in [-0.25, -0.2) is 4.98 Å². The number of fused-ring (bicyclic) bond motifs is 1. The van der Waals surface area contributed by atoms with Crippen LogP contribution in [0.4, 0.5) is 0 Å². The van der Waals surface area contributed by atoms with Gasteiger partial charge in [-0.2, -0.15) is 0 Å². The van der Waals surface area contributed by atoms with E-state index < -0.39 is 5.91 Å². The van der Waals surface area contributed by atoms with Crippen LogP contribution in [-0.2, 0) is 16.8 Å². The second kappa shape index (κ2) is 9.74. The average molecular weight is 517 g/mol. The number of nitrogens with zero attached hydrogens (tertiary/aromatic N) is 2. The van der Waals surface area contributed by atoms with Gasteiger partial charge in [-0.05, 0) is 36.6 Å². The molecule has 8 nitrogen and oxygen atoms in total. The summed E-state index contributed by atoms with van der Waals surface area (Å²) in [4.78, 5) is 30.5. The van der Waals surface area contributed by atoms with Gasteiger partial charge in [0.25, 0.3) is 0 Å². The Hall–Kier alpha value is -3.20. The van der Waals surface area contributed by atoms with Crippen LogP contribution in [-0.4, -0.2) is 46.2 Å². The number of amides is 1. The molecule has 0 spiro atoms. The van der Waals surface area contributed by atoms with E-state index in [9.17, 15) is 14.7 Å². The van der Waals surface area contributed by atoms with Crippen molar-refractivity contribution in [3.8, 4) is 11.5 Å². The Morgan fingerprint density at radius 1 is 1.30 bits per heavy atom. The molecule has 0 bridgehead atoms. The Bertz CT molecular complexity index is 1150. The molecule has 33 heavy (non-hydrogen) atoms. The maximum absolute atomic E-state index is 13.1. The van der Waals surface area contributed by atoms with E-state index in [2.05, 4.69) is 4.98 Å². The number of ether oxygens (including phenoxy) is 1. The summed E-state index contributed by atoms with van der Waals surface area (Å²) in [5.74, 6) is -0.330. The summed E-state index contributed by atoms with van der Waals surface area (Å²) in [6.07, 6.45) is 1.57. The summed E-state index contributed by atoms with van der Waals surface area (Å²) in [6, 6.07) is 6.79. The molecule has 1 amide bonds. The molecule has 1 aromatic carbocycles. The van der Waals surface area contributed by atoms with Crippen LogP contribution in [0, 0.1) is 5.41 Å². The summed E-state index contributed by atoms with van der Waals surface area (Å²) in [5.41, 5.74) is 8.10. The first-order valence-corrected chi connectivity index (χ1v) is 10.2. The number of nitrogens with two attached hydrogens (primary N) is 1. The normalized spacial score (nSPS) is 13.4. The minimum absolute atomic E-state index is 0. The van der Waals surface area contributed by atoms with Crippen LogP contribution in [0.3, 0.4) is 0 Å². The van der Waals surface area contributed by atoms with Crippen LogP contribution in [0.15, 0.2) is 29.8 Å². The standard InChI is InChI=1S/C24H28N4O4.BrH/c1-13(23(26)31)8-16-7-6-14-11-28(22(25)20(14)27-16)12-18(29)15-9-17(24(2,3)4)21(30)19(10-15)32-5;/h6-10,25,30H,11-12H2,1-5H3,(H2,26,31);1H. The van der Waals surface area contributed by atoms with E-state index in [1.807, 2.05) is 26.8 Å². The van der Waals surface area contributed by atoms with Crippen molar-refractivity contribution >= 4 is 40.6 Å². The van der Waals surface area contributed by atoms with E-state index in [0.717, 1.165) is 5.56 Å². The topological polar surface area (TPSA) is 130 Å². The number of Topliss-reactive ketones (excluding diaryl/α,β-unsaturated/α-hetero) is 1. The Kier molecular flexibility index (Phi) is 7.69. The highest BCUT2D eigenvalue weighted by atomic mass is 79.9. The fourth-order valence-corrected chi connectivity index (χ4v) is 3.54. The number of hydrogen-bond acceptors (Lipinski definition) is 6. The molecule has 1 aliphatic heterocycles. The lowest BCUT2D eigenvalue weighted by molar-refractivity contribution is -0.114. The lowest BCUT2D eigenvalue weighted by Crippen LogP contribution is -2.30. The summed E-state index contributed by atoms with van der Waals surface area (Å²) >= 11 is 0. The molecule has 0 saturated heterocycles. The maximum atomic E-state index is 13.1. The summed E-state index contributed by atoms with van der Waals surface area (Å²) < 4.78 is 5.27. The van der Waals surface area contributed by atoms with Gasteiger partial charge >= 0.3 is 0 Å². The molecule has 176 valence electrons. The summed E-state index contributed by atoms with van der Waals surface area (Å²) in [6.45, 7) is 7.80. The monoisotopic (exact) mass is 516 g/mol. The molecule has 0 unspecified atom stereocenters. The molecule has 2 heterocycles. The molecule has 0 radical (unpaired) electrons. The number of benzene rings is 1. The Balaban J connectivity index is 0.00000385. The van der Waals surface area contributed by atoms with Crippen molar-refractivity contribution in [2.45, 2.75) is 39.7 Å². The minimum atomic E-state index is -0.534. The fourth-order valence-electron chi connectivity index (χ4n) is 3.54. The molecule has 4 N–H and O–H groups in total. The number of carbonyl (C=O) groups is 2. The van der Waals surface area contributed by atoms with Crippen molar-refractivity contribution in [2.24, 2.45) is 5.73 Å². The van der Waals surface area contributed by atoms with Gasteiger partial charge < -0.3 is 20.5 Å². The number of aromatic nitrogens is 1. The largest absolute Gasteiger partial charge is 0.504 e. The van der Waals surface area contributed by atoms with Crippen LogP contribution >= 0.6 is 17.0 Å². The number of halogens is 1. The second-order valence-corrected chi connectivity index (χ2v) is 8.89. The van der Waals surface area contributed by atoms with Gasteiger partial charge in [-0.1, -0.05) is 26.8 Å². The van der Waals surface area contributed by atoms with Crippen LogP contribution < -0.4 is 10.5 Å². The molecule has 2 aromatic rings. The van der Waals surface area contributed by atoms with Gasteiger partial charge in [0, 0.05) is 28.8 Å². The number of phenolic OH excluding ortho intramolecular Hbond substituents is 1. The highest BCUT2D eigenvalue weighted by Gasteiger charge is 2.29. The molecular formula is C24H29BrN4O4. The predicted molar refractivity (Wildman–Crippen MR) is 132 cm³/mol. The Morgan fingerprint density at radius 2 is 1.97 bits per heavy atom. The number of methoxy groups -OCH3 is 1. The first kappa shape index (κ1) is 26.1. The summed E-state index contributed by atoms with van der Waals surface area (Å²) in [5, 5.41) is 19.0. The van der Waals surface area contributed by atoms with Crippen molar-refractivity contribution in [1.29, 1.82) is 5.41 Å². The van der Waals surface area contributed by atoms with Crippen molar-refractivity contribution in [3.63, 3.8) is 0 Å². The zero-order chi connectivity index (χ0) is 23.8. The van der Waals surface area contributed by atoms with E-state index in [-0.39, 0.29) is 52.1 Å². The molecule has 1 aliphatic rings. The molecule has 0 atom stereocenters. The molecular weight excluding hydrogens is 488 g/mol. The van der Waals surface area contributed by atoms with Crippen molar-refractivity contribution < 1.29 is 19.4 Å².